The van der Waals surface area contributed by atoms with Crippen molar-refractivity contribution in [1.82, 2.24) is 20.5 Å². The number of H-pyrrole nitrogens is 1. The molecule has 2 aliphatic heterocycles. The average Bonchev–Trinajstić information content (AvgIpc) is 3.16. The molecule has 4 rings (SSSR count). The number of amides is 2. The number of carbonyl (C=O) groups excluding carboxylic acids is 2. The number of nitrogens with zero attached hydrogens (tertiary/aromatic N) is 1. The van der Waals surface area contributed by atoms with Gasteiger partial charge in [0.1, 0.15) is 0 Å². The predicted molar refractivity (Wildman–Crippen MR) is 115 cm³/mol. The van der Waals surface area contributed by atoms with E-state index in [1.165, 1.54) is 0 Å². The maximum Gasteiger partial charge on any atom is 0.253 e. The molecule has 2 saturated heterocycles. The van der Waals surface area contributed by atoms with Gasteiger partial charge in [-0.15, -0.1) is 0 Å². The van der Waals surface area contributed by atoms with E-state index in [1.54, 1.807) is 6.20 Å². The molecule has 3 N–H and O–H groups in total. The number of fused-ring (bicyclic) bond motifs is 3. The Kier molecular flexibility index (Phi) is 5.38. The molecule has 2 fully saturated rings. The number of para-hydroxylation sites is 1. The lowest BCUT2D eigenvalue weighted by atomic mass is 9.90. The van der Waals surface area contributed by atoms with Crippen molar-refractivity contribution in [2.45, 2.75) is 64.1 Å². The highest BCUT2D eigenvalue weighted by atomic mass is 16.2. The zero-order chi connectivity index (χ0) is 20.6. The Balaban J connectivity index is 1.31. The molecule has 3 heterocycles. The van der Waals surface area contributed by atoms with Crippen molar-refractivity contribution in [2.24, 2.45) is 5.92 Å². The number of hydrogen-bond acceptors (Lipinski definition) is 3. The number of nitrogens with one attached hydrogen (secondary N) is 3. The summed E-state index contributed by atoms with van der Waals surface area (Å²) in [6.45, 7) is 7.24. The molecule has 0 aliphatic carbocycles. The van der Waals surface area contributed by atoms with Gasteiger partial charge in [-0.3, -0.25) is 14.5 Å². The summed E-state index contributed by atoms with van der Waals surface area (Å²) in [5, 5.41) is 7.18. The molecule has 2 aliphatic rings. The topological polar surface area (TPSA) is 77.2 Å². The fourth-order valence-electron chi connectivity index (χ4n) is 5.03. The molecule has 2 amide bonds. The van der Waals surface area contributed by atoms with Gasteiger partial charge in [-0.1, -0.05) is 18.2 Å². The summed E-state index contributed by atoms with van der Waals surface area (Å²) in [6, 6.07) is 8.78. The van der Waals surface area contributed by atoms with Gasteiger partial charge in [0.15, 0.2) is 0 Å². The molecule has 6 heteroatoms. The molecule has 2 aromatic rings. The summed E-state index contributed by atoms with van der Waals surface area (Å²) < 4.78 is 0. The Labute approximate surface area is 172 Å². The van der Waals surface area contributed by atoms with Crippen LogP contribution in [0.2, 0.25) is 0 Å². The molecule has 0 spiro atoms. The van der Waals surface area contributed by atoms with Gasteiger partial charge in [0.05, 0.1) is 12.1 Å². The van der Waals surface area contributed by atoms with E-state index in [9.17, 15) is 9.59 Å². The lowest BCUT2D eigenvalue weighted by Gasteiger charge is -2.39. The first-order valence-electron chi connectivity index (χ1n) is 10.7. The van der Waals surface area contributed by atoms with Crippen LogP contribution in [-0.2, 0) is 4.79 Å². The van der Waals surface area contributed by atoms with Crippen LogP contribution in [0.5, 0.6) is 0 Å². The highest BCUT2D eigenvalue weighted by molar-refractivity contribution is 6.06. The summed E-state index contributed by atoms with van der Waals surface area (Å²) in [5.74, 6) is 0.575. The largest absolute Gasteiger partial charge is 0.360 e. The number of rotatable bonds is 5. The Morgan fingerprint density at radius 3 is 2.52 bits per heavy atom. The normalized spacial score (nSPS) is 24.6. The van der Waals surface area contributed by atoms with Gasteiger partial charge < -0.3 is 15.6 Å². The second-order valence-electron chi connectivity index (χ2n) is 9.65. The summed E-state index contributed by atoms with van der Waals surface area (Å²) >= 11 is 0. The van der Waals surface area contributed by atoms with Gasteiger partial charge in [-0.05, 0) is 58.4 Å². The minimum atomic E-state index is -0.193. The van der Waals surface area contributed by atoms with Crippen molar-refractivity contribution in [2.75, 3.05) is 13.1 Å². The third-order valence-electron chi connectivity index (χ3n) is 6.21. The van der Waals surface area contributed by atoms with E-state index in [-0.39, 0.29) is 17.4 Å². The molecule has 0 radical (unpaired) electrons. The van der Waals surface area contributed by atoms with Crippen LogP contribution in [0.15, 0.2) is 30.5 Å². The van der Waals surface area contributed by atoms with Crippen LogP contribution in [-0.4, -0.2) is 52.4 Å². The third-order valence-corrected chi connectivity index (χ3v) is 6.21. The van der Waals surface area contributed by atoms with E-state index < -0.39 is 0 Å². The van der Waals surface area contributed by atoms with Crippen molar-refractivity contribution in [3.63, 3.8) is 0 Å². The lowest BCUT2D eigenvalue weighted by molar-refractivity contribution is -0.125. The van der Waals surface area contributed by atoms with Gasteiger partial charge in [0.25, 0.3) is 5.91 Å². The molecule has 1 aromatic carbocycles. The lowest BCUT2D eigenvalue weighted by Crippen LogP contribution is -2.52. The van der Waals surface area contributed by atoms with E-state index in [0.717, 1.165) is 36.6 Å². The quantitative estimate of drug-likeness (QED) is 0.727. The first kappa shape index (κ1) is 20.0. The van der Waals surface area contributed by atoms with Crippen LogP contribution in [0.4, 0.5) is 0 Å². The Morgan fingerprint density at radius 1 is 1.14 bits per heavy atom. The highest BCUT2D eigenvalue weighted by Gasteiger charge is 2.41. The zero-order valence-corrected chi connectivity index (χ0v) is 17.6. The maximum absolute atomic E-state index is 12.7. The smallest absolute Gasteiger partial charge is 0.253 e. The number of hydrogen-bond donors (Lipinski definition) is 3. The van der Waals surface area contributed by atoms with Crippen LogP contribution >= 0.6 is 0 Å². The van der Waals surface area contributed by atoms with Crippen molar-refractivity contribution in [1.29, 1.82) is 0 Å². The van der Waals surface area contributed by atoms with E-state index in [2.05, 4.69) is 20.5 Å². The van der Waals surface area contributed by atoms with Crippen LogP contribution in [0.25, 0.3) is 10.9 Å². The van der Waals surface area contributed by atoms with E-state index in [1.807, 2.05) is 45.0 Å². The van der Waals surface area contributed by atoms with Crippen LogP contribution in [0.1, 0.15) is 56.8 Å². The number of aromatic nitrogens is 1. The fourth-order valence-corrected chi connectivity index (χ4v) is 5.03. The second-order valence-corrected chi connectivity index (χ2v) is 9.65. The summed E-state index contributed by atoms with van der Waals surface area (Å²) in [5.41, 5.74) is 1.50. The molecule has 3 atom stereocenters. The fraction of sp³-hybridized carbons (Fsp3) is 0.565. The van der Waals surface area contributed by atoms with Gasteiger partial charge in [0, 0.05) is 41.3 Å². The number of carbonyl (C=O) groups is 2. The van der Waals surface area contributed by atoms with Crippen LogP contribution < -0.4 is 10.6 Å². The number of benzene rings is 1. The van der Waals surface area contributed by atoms with E-state index in [0.29, 0.717) is 36.7 Å². The maximum atomic E-state index is 12.7. The van der Waals surface area contributed by atoms with Gasteiger partial charge in [-0.2, -0.15) is 0 Å². The molecule has 6 nitrogen and oxygen atoms in total. The van der Waals surface area contributed by atoms with Crippen molar-refractivity contribution < 1.29 is 9.59 Å². The van der Waals surface area contributed by atoms with Crippen LogP contribution in [0, 0.1) is 5.92 Å². The molecule has 29 heavy (non-hydrogen) atoms. The van der Waals surface area contributed by atoms with Gasteiger partial charge in [-0.25, -0.2) is 0 Å². The number of piperidine rings is 1. The Hall–Kier alpha value is -2.34. The highest BCUT2D eigenvalue weighted by Crippen LogP contribution is 2.38. The molecule has 1 aromatic heterocycles. The molecule has 1 unspecified atom stereocenters. The second kappa shape index (κ2) is 7.82. The van der Waals surface area contributed by atoms with Crippen molar-refractivity contribution in [3.05, 3.63) is 36.0 Å². The summed E-state index contributed by atoms with van der Waals surface area (Å²) in [6.07, 6.45) is 6.20. The SMILES string of the molecule is CC(C)(C)NC(=O)CN1[C@@H]2CC[C@H]1CC(CNC(=O)c1c[nH]c3ccccc13)C2. The van der Waals surface area contributed by atoms with Crippen LogP contribution in [0.3, 0.4) is 0 Å². The molecule has 0 saturated carbocycles. The average molecular weight is 397 g/mol. The first-order valence-corrected chi connectivity index (χ1v) is 10.7. The predicted octanol–water partition coefficient (Wildman–Crippen LogP) is 3.06. The standard InChI is InChI=1S/C23H32N4O2/c1-23(2,3)26-21(28)14-27-16-8-9-17(27)11-15(10-16)12-25-22(29)19-13-24-20-7-5-4-6-18(19)20/h4-7,13,15-17,24H,8-12,14H2,1-3H3,(H,25,29)(H,26,28)/t15?,16-,17+. The minimum absolute atomic E-state index is 0.0122. The van der Waals surface area contributed by atoms with Gasteiger partial charge >= 0.3 is 0 Å². The third kappa shape index (κ3) is 4.47. The van der Waals surface area contributed by atoms with E-state index >= 15 is 0 Å². The Morgan fingerprint density at radius 2 is 1.83 bits per heavy atom. The first-order chi connectivity index (χ1) is 13.8. The van der Waals surface area contributed by atoms with Crippen molar-refractivity contribution >= 4 is 22.7 Å². The number of aromatic amines is 1. The Bertz CT molecular complexity index is 884. The molecule has 156 valence electrons. The summed E-state index contributed by atoms with van der Waals surface area (Å²) in [4.78, 5) is 30.6. The summed E-state index contributed by atoms with van der Waals surface area (Å²) in [7, 11) is 0. The molecule has 2 bridgehead atoms. The monoisotopic (exact) mass is 396 g/mol. The van der Waals surface area contributed by atoms with E-state index in [4.69, 9.17) is 0 Å². The van der Waals surface area contributed by atoms with Crippen molar-refractivity contribution in [3.8, 4) is 0 Å². The van der Waals surface area contributed by atoms with Gasteiger partial charge in [0.2, 0.25) is 5.91 Å². The minimum Gasteiger partial charge on any atom is -0.360 e. The molecular formula is C23H32N4O2. The molecular weight excluding hydrogens is 364 g/mol. The zero-order valence-electron chi connectivity index (χ0n) is 17.6.